The summed E-state index contributed by atoms with van der Waals surface area (Å²) in [6, 6.07) is 6.69. The molecule has 82 valence electrons. The zero-order valence-electron chi connectivity index (χ0n) is 8.96. The molecule has 1 aromatic carbocycles. The molecular formula is C12H10BrFN2. The Morgan fingerprint density at radius 2 is 1.88 bits per heavy atom. The standard InChI is InChI=1S/C12H10BrFN2/c1-7-3-4-10(14)9(5-7)11-6-12(13)16-8(2)15-11/h3-6H,1-2H3. The predicted octanol–water partition coefficient (Wildman–Crippen LogP) is 3.66. The third-order valence-corrected chi connectivity index (χ3v) is 2.61. The summed E-state index contributed by atoms with van der Waals surface area (Å²) in [5.74, 6) is 0.348. The number of hydrogen-bond donors (Lipinski definition) is 0. The number of benzene rings is 1. The molecular weight excluding hydrogens is 271 g/mol. The van der Waals surface area contributed by atoms with Crippen LogP contribution in [0.25, 0.3) is 11.3 Å². The minimum absolute atomic E-state index is 0.268. The van der Waals surface area contributed by atoms with Gasteiger partial charge in [0.1, 0.15) is 16.2 Å². The van der Waals surface area contributed by atoms with E-state index in [4.69, 9.17) is 0 Å². The van der Waals surface area contributed by atoms with E-state index in [1.54, 1.807) is 25.1 Å². The van der Waals surface area contributed by atoms with Gasteiger partial charge in [0, 0.05) is 5.56 Å². The Balaban J connectivity index is 2.62. The van der Waals surface area contributed by atoms with E-state index in [9.17, 15) is 4.39 Å². The van der Waals surface area contributed by atoms with Gasteiger partial charge in [-0.05, 0) is 48.0 Å². The number of nitrogens with zero attached hydrogens (tertiary/aromatic N) is 2. The van der Waals surface area contributed by atoms with Gasteiger partial charge in [-0.3, -0.25) is 0 Å². The smallest absolute Gasteiger partial charge is 0.132 e. The SMILES string of the molecule is Cc1ccc(F)c(-c2cc(Br)nc(C)n2)c1. The van der Waals surface area contributed by atoms with Crippen molar-refractivity contribution in [2.24, 2.45) is 0 Å². The number of rotatable bonds is 1. The zero-order valence-corrected chi connectivity index (χ0v) is 10.5. The van der Waals surface area contributed by atoms with E-state index in [0.29, 0.717) is 21.7 Å². The van der Waals surface area contributed by atoms with Crippen LogP contribution < -0.4 is 0 Å². The molecule has 4 heteroatoms. The second-order valence-electron chi connectivity index (χ2n) is 3.61. The second kappa shape index (κ2) is 4.29. The Morgan fingerprint density at radius 1 is 1.12 bits per heavy atom. The van der Waals surface area contributed by atoms with Crippen LogP contribution in [0.15, 0.2) is 28.9 Å². The molecule has 0 aliphatic rings. The monoisotopic (exact) mass is 280 g/mol. The Labute approximate surface area is 102 Å². The van der Waals surface area contributed by atoms with Gasteiger partial charge in [0.25, 0.3) is 0 Å². The summed E-state index contributed by atoms with van der Waals surface area (Å²) in [7, 11) is 0. The van der Waals surface area contributed by atoms with Crippen LogP contribution in [-0.2, 0) is 0 Å². The van der Waals surface area contributed by atoms with Gasteiger partial charge in [-0.2, -0.15) is 0 Å². The van der Waals surface area contributed by atoms with Gasteiger partial charge in [0.2, 0.25) is 0 Å². The molecule has 0 aliphatic heterocycles. The van der Waals surface area contributed by atoms with Crippen molar-refractivity contribution in [2.75, 3.05) is 0 Å². The largest absolute Gasteiger partial charge is 0.233 e. The summed E-state index contributed by atoms with van der Waals surface area (Å²) in [6.07, 6.45) is 0. The quantitative estimate of drug-likeness (QED) is 0.745. The van der Waals surface area contributed by atoms with Gasteiger partial charge in [0.15, 0.2) is 0 Å². The van der Waals surface area contributed by atoms with Crippen LogP contribution in [0.2, 0.25) is 0 Å². The third-order valence-electron chi connectivity index (χ3n) is 2.20. The molecule has 0 radical (unpaired) electrons. The molecule has 0 unspecified atom stereocenters. The van der Waals surface area contributed by atoms with Crippen molar-refractivity contribution in [1.29, 1.82) is 0 Å². The molecule has 16 heavy (non-hydrogen) atoms. The topological polar surface area (TPSA) is 25.8 Å². The fourth-order valence-electron chi connectivity index (χ4n) is 1.50. The lowest BCUT2D eigenvalue weighted by molar-refractivity contribution is 0.630. The van der Waals surface area contributed by atoms with Crippen LogP contribution in [0.1, 0.15) is 11.4 Å². The fraction of sp³-hybridized carbons (Fsp3) is 0.167. The molecule has 0 spiro atoms. The van der Waals surface area contributed by atoms with Crippen molar-refractivity contribution in [3.63, 3.8) is 0 Å². The normalized spacial score (nSPS) is 10.5. The number of hydrogen-bond acceptors (Lipinski definition) is 2. The molecule has 0 atom stereocenters. The molecule has 0 N–H and O–H groups in total. The summed E-state index contributed by atoms with van der Waals surface area (Å²) in [5.41, 5.74) is 2.11. The van der Waals surface area contributed by atoms with Crippen LogP contribution in [-0.4, -0.2) is 9.97 Å². The molecule has 0 fully saturated rings. The molecule has 2 aromatic rings. The third kappa shape index (κ3) is 2.27. The molecule has 2 nitrogen and oxygen atoms in total. The first-order valence-corrected chi connectivity index (χ1v) is 5.63. The first-order valence-electron chi connectivity index (χ1n) is 4.84. The summed E-state index contributed by atoms with van der Waals surface area (Å²) < 4.78 is 14.3. The summed E-state index contributed by atoms with van der Waals surface area (Å²) >= 11 is 3.28. The van der Waals surface area contributed by atoms with E-state index in [0.717, 1.165) is 5.56 Å². The Bertz CT molecular complexity index is 520. The van der Waals surface area contributed by atoms with E-state index in [1.165, 1.54) is 6.07 Å². The predicted molar refractivity (Wildman–Crippen MR) is 64.6 cm³/mol. The average molecular weight is 281 g/mol. The maximum absolute atomic E-state index is 13.6. The minimum Gasteiger partial charge on any atom is -0.233 e. The number of aryl methyl sites for hydroxylation is 2. The summed E-state index contributed by atoms with van der Waals surface area (Å²) in [6.45, 7) is 3.70. The van der Waals surface area contributed by atoms with Gasteiger partial charge in [0.05, 0.1) is 5.69 Å². The highest BCUT2D eigenvalue weighted by molar-refractivity contribution is 9.10. The van der Waals surface area contributed by atoms with Gasteiger partial charge in [-0.25, -0.2) is 14.4 Å². The maximum Gasteiger partial charge on any atom is 0.132 e. The molecule has 0 bridgehead atoms. The maximum atomic E-state index is 13.6. The van der Waals surface area contributed by atoms with E-state index >= 15 is 0 Å². The Kier molecular flexibility index (Phi) is 3.01. The molecule has 0 saturated carbocycles. The van der Waals surface area contributed by atoms with Crippen LogP contribution in [0, 0.1) is 19.7 Å². The molecule has 1 heterocycles. The zero-order chi connectivity index (χ0) is 11.7. The highest BCUT2D eigenvalue weighted by atomic mass is 79.9. The van der Waals surface area contributed by atoms with Crippen molar-refractivity contribution in [3.8, 4) is 11.3 Å². The van der Waals surface area contributed by atoms with Crippen molar-refractivity contribution in [2.45, 2.75) is 13.8 Å². The van der Waals surface area contributed by atoms with Crippen molar-refractivity contribution in [3.05, 3.63) is 46.1 Å². The lowest BCUT2D eigenvalue weighted by Crippen LogP contribution is -1.94. The second-order valence-corrected chi connectivity index (χ2v) is 4.42. The van der Waals surface area contributed by atoms with E-state index in [2.05, 4.69) is 25.9 Å². The van der Waals surface area contributed by atoms with Crippen molar-refractivity contribution < 1.29 is 4.39 Å². The van der Waals surface area contributed by atoms with Crippen LogP contribution in [0.5, 0.6) is 0 Å². The molecule has 2 rings (SSSR count). The van der Waals surface area contributed by atoms with E-state index < -0.39 is 0 Å². The fourth-order valence-corrected chi connectivity index (χ4v) is 1.98. The van der Waals surface area contributed by atoms with Crippen molar-refractivity contribution in [1.82, 2.24) is 9.97 Å². The number of aromatic nitrogens is 2. The van der Waals surface area contributed by atoms with Gasteiger partial charge >= 0.3 is 0 Å². The minimum atomic E-state index is -0.268. The van der Waals surface area contributed by atoms with Gasteiger partial charge in [-0.1, -0.05) is 11.6 Å². The van der Waals surface area contributed by atoms with Crippen LogP contribution in [0.3, 0.4) is 0 Å². The van der Waals surface area contributed by atoms with Gasteiger partial charge < -0.3 is 0 Å². The van der Waals surface area contributed by atoms with Crippen LogP contribution in [0.4, 0.5) is 4.39 Å². The first kappa shape index (κ1) is 11.2. The summed E-state index contributed by atoms with van der Waals surface area (Å²) in [4.78, 5) is 8.32. The lowest BCUT2D eigenvalue weighted by atomic mass is 10.1. The Morgan fingerprint density at radius 3 is 2.56 bits per heavy atom. The molecule has 0 amide bonds. The summed E-state index contributed by atoms with van der Waals surface area (Å²) in [5, 5.41) is 0. The van der Waals surface area contributed by atoms with E-state index in [-0.39, 0.29) is 5.82 Å². The lowest BCUT2D eigenvalue weighted by Gasteiger charge is -2.05. The van der Waals surface area contributed by atoms with Gasteiger partial charge in [-0.15, -0.1) is 0 Å². The number of halogens is 2. The highest BCUT2D eigenvalue weighted by Gasteiger charge is 2.08. The van der Waals surface area contributed by atoms with E-state index in [1.807, 2.05) is 6.92 Å². The Hall–Kier alpha value is -1.29. The molecule has 0 aliphatic carbocycles. The molecule has 0 saturated heterocycles. The first-order chi connectivity index (χ1) is 7.56. The average Bonchev–Trinajstić information content (AvgIpc) is 2.20. The van der Waals surface area contributed by atoms with Crippen molar-refractivity contribution >= 4 is 15.9 Å². The van der Waals surface area contributed by atoms with Crippen LogP contribution >= 0.6 is 15.9 Å². The highest BCUT2D eigenvalue weighted by Crippen LogP contribution is 2.24. The molecule has 1 aromatic heterocycles.